The summed E-state index contributed by atoms with van der Waals surface area (Å²) in [7, 11) is 0.986. The Labute approximate surface area is 67.7 Å². The van der Waals surface area contributed by atoms with Gasteiger partial charge < -0.3 is 0 Å². The molecule has 0 nitrogen and oxygen atoms in total. The Morgan fingerprint density at radius 3 is 2.18 bits per heavy atom. The molecule has 0 unspecified atom stereocenters. The van der Waals surface area contributed by atoms with Gasteiger partial charge in [-0.3, -0.25) is 0 Å². The Balaban J connectivity index is 3.00. The second-order valence-corrected chi connectivity index (χ2v) is 3.45. The van der Waals surface area contributed by atoms with Gasteiger partial charge in [0.1, 0.15) is 11.6 Å². The van der Waals surface area contributed by atoms with Crippen molar-refractivity contribution in [1.82, 2.24) is 0 Å². The fourth-order valence-electron chi connectivity index (χ4n) is 1.02. The van der Waals surface area contributed by atoms with Crippen LogP contribution < -0.4 is 0 Å². The molecule has 0 spiro atoms. The van der Waals surface area contributed by atoms with Crippen LogP contribution in [0.1, 0.15) is 5.56 Å². The zero-order valence-corrected chi connectivity index (χ0v) is 8.40. The lowest BCUT2D eigenvalue weighted by Gasteiger charge is -2.00. The molecule has 0 aliphatic rings. The van der Waals surface area contributed by atoms with Crippen molar-refractivity contribution in [3.8, 4) is 0 Å². The number of hydrogen-bond acceptors (Lipinski definition) is 0. The molecule has 0 bridgehead atoms. The maximum Gasteiger partial charge on any atom is 0.129 e. The molecule has 3 heteroatoms. The van der Waals surface area contributed by atoms with Crippen LogP contribution in [0.4, 0.5) is 8.78 Å². The fraction of sp³-hybridized carbons (Fsp3) is 0.250. The Bertz CT molecular complexity index is 228. The first-order valence-electron chi connectivity index (χ1n) is 3.68. The van der Waals surface area contributed by atoms with Crippen LogP contribution in [0.5, 0.6) is 0 Å². The third-order valence-corrected chi connectivity index (χ3v) is 2.06. The minimum Gasteiger partial charge on any atom is -0.207 e. The highest BCUT2D eigenvalue weighted by Gasteiger charge is 2.05. The van der Waals surface area contributed by atoms with Gasteiger partial charge in [-0.25, -0.2) is 8.78 Å². The summed E-state index contributed by atoms with van der Waals surface area (Å²) in [5.74, 6) is -0.832. The Morgan fingerprint density at radius 1 is 1.18 bits per heavy atom. The van der Waals surface area contributed by atoms with E-state index in [0.29, 0.717) is 6.42 Å². The molecule has 0 atom stereocenters. The zero-order chi connectivity index (χ0) is 8.27. The molecule has 0 fully saturated rings. The van der Waals surface area contributed by atoms with E-state index in [1.54, 1.807) is 0 Å². The largest absolute Gasteiger partial charge is 0.207 e. The van der Waals surface area contributed by atoms with Gasteiger partial charge >= 0.3 is 0 Å². The molecule has 0 saturated heterocycles. The van der Waals surface area contributed by atoms with Crippen LogP contribution in [-0.4, -0.2) is 10.2 Å². The molecular weight excluding hydrogens is 162 g/mol. The average molecular weight is 172 g/mol. The van der Waals surface area contributed by atoms with Gasteiger partial charge in [0.05, 0.1) is 0 Å². The highest BCUT2D eigenvalue weighted by Crippen LogP contribution is 2.13. The van der Waals surface area contributed by atoms with Gasteiger partial charge in [0.2, 0.25) is 0 Å². The molecule has 1 aromatic rings. The van der Waals surface area contributed by atoms with Crippen LogP contribution in [0.2, 0.25) is 6.04 Å². The van der Waals surface area contributed by atoms with E-state index < -0.39 is 11.6 Å². The standard InChI is InChI=1S/C8H10F2Si/c9-7-2-1-3-8(10)6(7)4-5-11/h1-3H,4-5H2,11H3. The summed E-state index contributed by atoms with van der Waals surface area (Å²) in [6.07, 6.45) is 0.532. The lowest BCUT2D eigenvalue weighted by molar-refractivity contribution is 0.559. The molecule has 0 aliphatic carbocycles. The van der Waals surface area contributed by atoms with E-state index in [2.05, 4.69) is 0 Å². The molecule has 60 valence electrons. The molecule has 1 aromatic carbocycles. The van der Waals surface area contributed by atoms with Gasteiger partial charge in [-0.15, -0.1) is 0 Å². The van der Waals surface area contributed by atoms with Crippen molar-refractivity contribution in [2.75, 3.05) is 0 Å². The van der Waals surface area contributed by atoms with Crippen molar-refractivity contribution in [2.24, 2.45) is 0 Å². The van der Waals surface area contributed by atoms with Crippen LogP contribution in [-0.2, 0) is 6.42 Å². The minimum atomic E-state index is -0.416. The molecule has 0 amide bonds. The summed E-state index contributed by atoms with van der Waals surface area (Å²) in [5, 5.41) is 0. The topological polar surface area (TPSA) is 0 Å². The summed E-state index contributed by atoms with van der Waals surface area (Å²) in [6.45, 7) is 0. The lowest BCUT2D eigenvalue weighted by Crippen LogP contribution is -1.94. The number of benzene rings is 1. The maximum absolute atomic E-state index is 12.8. The van der Waals surface area contributed by atoms with Gasteiger partial charge in [0.15, 0.2) is 0 Å². The molecule has 11 heavy (non-hydrogen) atoms. The van der Waals surface area contributed by atoms with Crippen LogP contribution in [0.15, 0.2) is 18.2 Å². The lowest BCUT2D eigenvalue weighted by atomic mass is 10.1. The third-order valence-electron chi connectivity index (χ3n) is 1.56. The molecule has 0 saturated carbocycles. The number of hydrogen-bond donors (Lipinski definition) is 0. The van der Waals surface area contributed by atoms with Gasteiger partial charge in [-0.2, -0.15) is 0 Å². The van der Waals surface area contributed by atoms with E-state index >= 15 is 0 Å². The zero-order valence-electron chi connectivity index (χ0n) is 6.40. The Hall–Kier alpha value is -0.703. The normalized spacial score (nSPS) is 10.4. The molecule has 1 rings (SSSR count). The van der Waals surface area contributed by atoms with Gasteiger partial charge in [0.25, 0.3) is 0 Å². The van der Waals surface area contributed by atoms with E-state index in [1.807, 2.05) is 0 Å². The average Bonchev–Trinajstić information content (AvgIpc) is 1.97. The Kier molecular flexibility index (Phi) is 2.76. The highest BCUT2D eigenvalue weighted by molar-refractivity contribution is 6.08. The summed E-state index contributed by atoms with van der Waals surface area (Å²) in [4.78, 5) is 0. The van der Waals surface area contributed by atoms with Gasteiger partial charge in [0, 0.05) is 15.8 Å². The van der Waals surface area contributed by atoms with Crippen molar-refractivity contribution in [1.29, 1.82) is 0 Å². The summed E-state index contributed by atoms with van der Waals surface area (Å²) in [6, 6.07) is 4.89. The van der Waals surface area contributed by atoms with E-state index in [9.17, 15) is 8.78 Å². The monoisotopic (exact) mass is 172 g/mol. The number of halogens is 2. The third kappa shape index (κ3) is 1.86. The van der Waals surface area contributed by atoms with Crippen LogP contribution in [0.25, 0.3) is 0 Å². The first-order chi connectivity index (χ1) is 5.25. The van der Waals surface area contributed by atoms with Crippen molar-refractivity contribution in [3.05, 3.63) is 35.4 Å². The fourth-order valence-corrected chi connectivity index (χ4v) is 1.52. The second kappa shape index (κ2) is 3.62. The number of rotatable bonds is 2. The van der Waals surface area contributed by atoms with Gasteiger partial charge in [-0.05, 0) is 18.6 Å². The molecular formula is C8H10F2Si. The van der Waals surface area contributed by atoms with Crippen molar-refractivity contribution < 1.29 is 8.78 Å². The molecule has 0 heterocycles. The first-order valence-corrected chi connectivity index (χ1v) is 5.10. The predicted octanol–water partition coefficient (Wildman–Crippen LogP) is 1.29. The molecule has 0 radical (unpaired) electrons. The quantitative estimate of drug-likeness (QED) is 0.590. The van der Waals surface area contributed by atoms with E-state index in [4.69, 9.17) is 0 Å². The second-order valence-electron chi connectivity index (χ2n) is 2.45. The van der Waals surface area contributed by atoms with E-state index in [0.717, 1.165) is 16.3 Å². The van der Waals surface area contributed by atoms with Crippen LogP contribution in [0, 0.1) is 11.6 Å². The molecule has 0 N–H and O–H groups in total. The van der Waals surface area contributed by atoms with E-state index in [1.165, 1.54) is 18.2 Å². The molecule has 0 aliphatic heterocycles. The van der Waals surface area contributed by atoms with E-state index in [-0.39, 0.29) is 5.56 Å². The smallest absolute Gasteiger partial charge is 0.129 e. The van der Waals surface area contributed by atoms with Crippen LogP contribution in [0.3, 0.4) is 0 Å². The maximum atomic E-state index is 12.8. The predicted molar refractivity (Wildman–Crippen MR) is 44.8 cm³/mol. The first kappa shape index (κ1) is 8.39. The van der Waals surface area contributed by atoms with Crippen molar-refractivity contribution in [3.63, 3.8) is 0 Å². The highest BCUT2D eigenvalue weighted by atomic mass is 28.1. The summed E-state index contributed by atoms with van der Waals surface area (Å²) in [5.41, 5.74) is 0.238. The summed E-state index contributed by atoms with van der Waals surface area (Å²) >= 11 is 0. The molecule has 0 aromatic heterocycles. The van der Waals surface area contributed by atoms with Crippen molar-refractivity contribution in [2.45, 2.75) is 12.5 Å². The summed E-state index contributed by atoms with van der Waals surface area (Å²) < 4.78 is 25.6. The van der Waals surface area contributed by atoms with Crippen molar-refractivity contribution >= 4 is 10.2 Å². The Morgan fingerprint density at radius 2 is 1.73 bits per heavy atom. The van der Waals surface area contributed by atoms with Crippen LogP contribution >= 0.6 is 0 Å². The SMILES string of the molecule is Fc1cccc(F)c1CC[SiH3]. The minimum absolute atomic E-state index is 0.238. The van der Waals surface area contributed by atoms with Gasteiger partial charge in [-0.1, -0.05) is 12.1 Å².